The van der Waals surface area contributed by atoms with E-state index in [1.807, 2.05) is 12.1 Å². The van der Waals surface area contributed by atoms with Crippen molar-refractivity contribution in [3.63, 3.8) is 0 Å². The number of hydrogen-bond donors (Lipinski definition) is 1. The number of rotatable bonds is 11. The van der Waals surface area contributed by atoms with Crippen LogP contribution in [0, 0.1) is 0 Å². The van der Waals surface area contributed by atoms with E-state index in [-0.39, 0.29) is 0 Å². The van der Waals surface area contributed by atoms with Crippen molar-refractivity contribution < 1.29 is 14.2 Å². The number of methoxy groups -OCH3 is 1. The lowest BCUT2D eigenvalue weighted by Crippen LogP contribution is -2.17. The van der Waals surface area contributed by atoms with Crippen molar-refractivity contribution in [3.8, 4) is 11.5 Å². The maximum Gasteiger partial charge on any atom is 0.162 e. The fraction of sp³-hybridized carbons (Fsp3) is 0.647. The summed E-state index contributed by atoms with van der Waals surface area (Å²) in [5.41, 5.74) is 1.16. The van der Waals surface area contributed by atoms with Gasteiger partial charge in [-0.05, 0) is 50.9 Å². The zero-order valence-corrected chi connectivity index (χ0v) is 15.7. The Hall–Kier alpha value is -0.780. The Balaban J connectivity index is 2.49. The average Bonchev–Trinajstić information content (AvgIpc) is 2.49. The van der Waals surface area contributed by atoms with E-state index in [9.17, 15) is 0 Å². The standard InChI is InChI=1S/C17H28BrNO3/c1-5-8-22-17-11-15(18)14(10-16(17)20-4)12-19-7-6-9-21-13(2)3/h10-11,13,19H,5-9,12H2,1-4H3. The molecule has 4 nitrogen and oxygen atoms in total. The molecule has 5 heteroatoms. The maximum absolute atomic E-state index is 5.70. The predicted octanol–water partition coefficient (Wildman–Crippen LogP) is 4.15. The SMILES string of the molecule is CCCOc1cc(Br)c(CNCCCOC(C)C)cc1OC. The zero-order chi connectivity index (χ0) is 16.4. The van der Waals surface area contributed by atoms with E-state index < -0.39 is 0 Å². The third-order valence-corrected chi connectivity index (χ3v) is 3.80. The molecule has 22 heavy (non-hydrogen) atoms. The summed E-state index contributed by atoms with van der Waals surface area (Å²) < 4.78 is 17.7. The minimum Gasteiger partial charge on any atom is -0.493 e. The van der Waals surface area contributed by atoms with E-state index in [1.165, 1.54) is 0 Å². The zero-order valence-electron chi connectivity index (χ0n) is 14.1. The van der Waals surface area contributed by atoms with Crippen LogP contribution in [0.3, 0.4) is 0 Å². The van der Waals surface area contributed by atoms with Crippen LogP contribution < -0.4 is 14.8 Å². The fourth-order valence-electron chi connectivity index (χ4n) is 1.94. The summed E-state index contributed by atoms with van der Waals surface area (Å²) in [5, 5.41) is 3.42. The van der Waals surface area contributed by atoms with Crippen LogP contribution in [0.4, 0.5) is 0 Å². The van der Waals surface area contributed by atoms with Crippen LogP contribution in [0.2, 0.25) is 0 Å². The molecular formula is C17H28BrNO3. The highest BCUT2D eigenvalue weighted by Gasteiger charge is 2.10. The van der Waals surface area contributed by atoms with Crippen LogP contribution in [0.5, 0.6) is 11.5 Å². The molecule has 0 aliphatic heterocycles. The molecule has 1 aromatic rings. The van der Waals surface area contributed by atoms with E-state index in [0.717, 1.165) is 54.1 Å². The van der Waals surface area contributed by atoms with E-state index in [4.69, 9.17) is 14.2 Å². The quantitative estimate of drug-likeness (QED) is 0.591. The molecule has 1 N–H and O–H groups in total. The van der Waals surface area contributed by atoms with Gasteiger partial charge in [-0.1, -0.05) is 22.9 Å². The third-order valence-electron chi connectivity index (χ3n) is 3.06. The minimum absolute atomic E-state index is 0.300. The second kappa shape index (κ2) is 10.9. The van der Waals surface area contributed by atoms with Crippen LogP contribution >= 0.6 is 15.9 Å². The number of hydrogen-bond acceptors (Lipinski definition) is 4. The number of benzene rings is 1. The molecule has 126 valence electrons. The second-order valence-electron chi connectivity index (χ2n) is 5.39. The largest absolute Gasteiger partial charge is 0.493 e. The molecule has 0 fully saturated rings. The van der Waals surface area contributed by atoms with E-state index >= 15 is 0 Å². The van der Waals surface area contributed by atoms with Crippen molar-refractivity contribution in [1.82, 2.24) is 5.32 Å². The molecular weight excluding hydrogens is 346 g/mol. The van der Waals surface area contributed by atoms with Crippen LogP contribution in [-0.4, -0.2) is 33.0 Å². The smallest absolute Gasteiger partial charge is 0.162 e. The van der Waals surface area contributed by atoms with Gasteiger partial charge in [0.1, 0.15) is 0 Å². The minimum atomic E-state index is 0.300. The topological polar surface area (TPSA) is 39.7 Å². The van der Waals surface area contributed by atoms with Gasteiger partial charge in [0.15, 0.2) is 11.5 Å². The first-order valence-electron chi connectivity index (χ1n) is 7.90. The highest BCUT2D eigenvalue weighted by molar-refractivity contribution is 9.10. The van der Waals surface area contributed by atoms with Crippen LogP contribution in [0.1, 0.15) is 39.2 Å². The fourth-order valence-corrected chi connectivity index (χ4v) is 2.40. The van der Waals surface area contributed by atoms with Crippen molar-refractivity contribution in [2.45, 2.75) is 46.3 Å². The van der Waals surface area contributed by atoms with Gasteiger partial charge in [-0.15, -0.1) is 0 Å². The first-order chi connectivity index (χ1) is 10.6. The van der Waals surface area contributed by atoms with E-state index in [2.05, 4.69) is 42.0 Å². The second-order valence-corrected chi connectivity index (χ2v) is 6.25. The van der Waals surface area contributed by atoms with Crippen LogP contribution in [0.15, 0.2) is 16.6 Å². The molecule has 0 saturated carbocycles. The van der Waals surface area contributed by atoms with Crippen molar-refractivity contribution in [2.24, 2.45) is 0 Å². The van der Waals surface area contributed by atoms with Gasteiger partial charge >= 0.3 is 0 Å². The van der Waals surface area contributed by atoms with Crippen molar-refractivity contribution in [1.29, 1.82) is 0 Å². The number of nitrogens with one attached hydrogen (secondary N) is 1. The Morgan fingerprint density at radius 2 is 1.95 bits per heavy atom. The molecule has 0 unspecified atom stereocenters. The Morgan fingerprint density at radius 1 is 1.18 bits per heavy atom. The molecule has 1 rings (SSSR count). The van der Waals surface area contributed by atoms with Gasteiger partial charge in [0.2, 0.25) is 0 Å². The molecule has 0 radical (unpaired) electrons. The molecule has 1 aromatic carbocycles. The van der Waals surface area contributed by atoms with Gasteiger partial charge in [-0.2, -0.15) is 0 Å². The summed E-state index contributed by atoms with van der Waals surface area (Å²) in [4.78, 5) is 0. The van der Waals surface area contributed by atoms with Crippen molar-refractivity contribution in [2.75, 3.05) is 26.9 Å². The monoisotopic (exact) mass is 373 g/mol. The Labute approximate surface area is 142 Å². The van der Waals surface area contributed by atoms with Gasteiger partial charge in [0.05, 0.1) is 19.8 Å². The summed E-state index contributed by atoms with van der Waals surface area (Å²) in [5.74, 6) is 1.56. The average molecular weight is 374 g/mol. The number of ether oxygens (including phenoxy) is 3. The van der Waals surface area contributed by atoms with Crippen molar-refractivity contribution in [3.05, 3.63) is 22.2 Å². The summed E-state index contributed by atoms with van der Waals surface area (Å²) in [6.45, 7) is 9.39. The molecule has 0 atom stereocenters. The maximum atomic E-state index is 5.70. The van der Waals surface area contributed by atoms with Gasteiger partial charge in [-0.25, -0.2) is 0 Å². The predicted molar refractivity (Wildman–Crippen MR) is 93.9 cm³/mol. The molecule has 0 heterocycles. The highest BCUT2D eigenvalue weighted by atomic mass is 79.9. The lowest BCUT2D eigenvalue weighted by Gasteiger charge is -2.14. The molecule has 0 amide bonds. The van der Waals surface area contributed by atoms with Crippen LogP contribution in [0.25, 0.3) is 0 Å². The Bertz CT molecular complexity index is 438. The van der Waals surface area contributed by atoms with E-state index in [0.29, 0.717) is 12.7 Å². The highest BCUT2D eigenvalue weighted by Crippen LogP contribution is 2.33. The van der Waals surface area contributed by atoms with Gasteiger partial charge in [-0.3, -0.25) is 0 Å². The summed E-state index contributed by atoms with van der Waals surface area (Å²) >= 11 is 3.60. The van der Waals surface area contributed by atoms with Gasteiger partial charge in [0, 0.05) is 17.6 Å². The Morgan fingerprint density at radius 3 is 2.59 bits per heavy atom. The normalized spacial score (nSPS) is 11.0. The number of halogens is 1. The summed E-state index contributed by atoms with van der Waals surface area (Å²) in [7, 11) is 1.67. The Kier molecular flexibility index (Phi) is 9.52. The van der Waals surface area contributed by atoms with Crippen molar-refractivity contribution >= 4 is 15.9 Å². The first kappa shape index (κ1) is 19.3. The molecule has 0 aromatic heterocycles. The summed E-state index contributed by atoms with van der Waals surface area (Å²) in [6, 6.07) is 4.00. The van der Waals surface area contributed by atoms with Gasteiger partial charge < -0.3 is 19.5 Å². The summed E-state index contributed by atoms with van der Waals surface area (Å²) in [6.07, 6.45) is 2.28. The molecule has 0 bridgehead atoms. The van der Waals surface area contributed by atoms with Gasteiger partial charge in [0.25, 0.3) is 0 Å². The third kappa shape index (κ3) is 6.99. The molecule has 0 aliphatic carbocycles. The molecule has 0 spiro atoms. The first-order valence-corrected chi connectivity index (χ1v) is 8.69. The lowest BCUT2D eigenvalue weighted by atomic mass is 10.2. The van der Waals surface area contributed by atoms with Crippen LogP contribution in [-0.2, 0) is 11.3 Å². The molecule has 0 aliphatic rings. The molecule has 0 saturated heterocycles. The lowest BCUT2D eigenvalue weighted by molar-refractivity contribution is 0.0770. The van der Waals surface area contributed by atoms with E-state index in [1.54, 1.807) is 7.11 Å².